The van der Waals surface area contributed by atoms with E-state index >= 15 is 0 Å². The molecule has 0 aliphatic carbocycles. The standard InChI is InChI=1S/C22H28N4/c23-19-21-13-7-11-17-25(21)15-9-5-3-1-2-4-6-10-16-26-18-12-8-14-22(26)20-24/h7-8,11-14,17-18H,1-6,9-10,15-16H2/q+2. The number of rotatable bonds is 11. The molecule has 0 N–H and O–H groups in total. The molecule has 0 saturated carbocycles. The van der Waals surface area contributed by atoms with Gasteiger partial charge in [-0.15, -0.1) is 0 Å². The average molecular weight is 348 g/mol. The van der Waals surface area contributed by atoms with E-state index in [-0.39, 0.29) is 0 Å². The van der Waals surface area contributed by atoms with E-state index in [1.54, 1.807) is 0 Å². The number of unbranched alkanes of at least 4 members (excludes halogenated alkanes) is 7. The van der Waals surface area contributed by atoms with Crippen LogP contribution in [0.2, 0.25) is 0 Å². The van der Waals surface area contributed by atoms with Crippen LogP contribution in [0.3, 0.4) is 0 Å². The van der Waals surface area contributed by atoms with Crippen molar-refractivity contribution in [1.29, 1.82) is 10.5 Å². The third-order valence-electron chi connectivity index (χ3n) is 4.66. The predicted octanol–water partition coefficient (Wildman–Crippen LogP) is 3.83. The fourth-order valence-corrected chi connectivity index (χ4v) is 3.17. The molecule has 0 spiro atoms. The summed E-state index contributed by atoms with van der Waals surface area (Å²) < 4.78 is 4.08. The highest BCUT2D eigenvalue weighted by molar-refractivity contribution is 5.13. The summed E-state index contributed by atoms with van der Waals surface area (Å²) in [6.07, 6.45) is 13.8. The molecule has 2 aromatic rings. The lowest BCUT2D eigenvalue weighted by atomic mass is 10.1. The SMILES string of the molecule is N#Cc1cccc[n+]1CCCCCCCCCC[n+]1ccccc1C#N. The highest BCUT2D eigenvalue weighted by Gasteiger charge is 2.08. The Kier molecular flexibility index (Phi) is 8.87. The Labute approximate surface area is 157 Å². The minimum atomic E-state index is 0.739. The summed E-state index contributed by atoms with van der Waals surface area (Å²) in [6, 6.07) is 16.0. The van der Waals surface area contributed by atoms with Gasteiger partial charge in [-0.2, -0.15) is 19.7 Å². The van der Waals surface area contributed by atoms with E-state index in [0.29, 0.717) is 0 Å². The maximum absolute atomic E-state index is 9.08. The van der Waals surface area contributed by atoms with Gasteiger partial charge in [0.2, 0.25) is 0 Å². The number of pyridine rings is 2. The average Bonchev–Trinajstić information content (AvgIpc) is 2.70. The quantitative estimate of drug-likeness (QED) is 0.458. The first-order chi connectivity index (χ1) is 12.8. The molecule has 0 amide bonds. The van der Waals surface area contributed by atoms with E-state index in [2.05, 4.69) is 12.1 Å². The van der Waals surface area contributed by atoms with E-state index in [1.165, 1.54) is 38.5 Å². The summed E-state index contributed by atoms with van der Waals surface area (Å²) in [4.78, 5) is 0. The Hall–Kier alpha value is -2.72. The Bertz CT molecular complexity index is 690. The van der Waals surface area contributed by atoms with Gasteiger partial charge in [0.25, 0.3) is 11.4 Å². The molecule has 4 nitrogen and oxygen atoms in total. The zero-order valence-electron chi connectivity index (χ0n) is 15.5. The van der Waals surface area contributed by atoms with E-state index in [0.717, 1.165) is 37.3 Å². The normalized spacial score (nSPS) is 10.2. The van der Waals surface area contributed by atoms with Gasteiger partial charge in [-0.3, -0.25) is 0 Å². The second kappa shape index (κ2) is 11.8. The molecule has 0 aromatic carbocycles. The van der Waals surface area contributed by atoms with Crippen LogP contribution in [-0.2, 0) is 13.1 Å². The van der Waals surface area contributed by atoms with Gasteiger partial charge in [-0.1, -0.05) is 25.7 Å². The van der Waals surface area contributed by atoms with Crippen LogP contribution < -0.4 is 9.13 Å². The third kappa shape index (κ3) is 6.65. The highest BCUT2D eigenvalue weighted by atomic mass is 15.0. The molecule has 2 heterocycles. The molecule has 0 aliphatic rings. The summed E-state index contributed by atoms with van der Waals surface area (Å²) in [5, 5.41) is 18.2. The number of hydrogen-bond acceptors (Lipinski definition) is 2. The minimum absolute atomic E-state index is 0.739. The Balaban J connectivity index is 1.49. The molecular weight excluding hydrogens is 320 g/mol. The van der Waals surface area contributed by atoms with Gasteiger partial charge in [0.05, 0.1) is 0 Å². The van der Waals surface area contributed by atoms with Gasteiger partial charge in [0.1, 0.15) is 13.1 Å². The van der Waals surface area contributed by atoms with Crippen molar-refractivity contribution in [2.45, 2.75) is 64.5 Å². The van der Waals surface area contributed by atoms with Gasteiger partial charge < -0.3 is 0 Å². The van der Waals surface area contributed by atoms with Gasteiger partial charge in [-0.25, -0.2) is 0 Å². The summed E-state index contributed by atoms with van der Waals surface area (Å²) in [5.74, 6) is 0. The van der Waals surface area contributed by atoms with Crippen molar-refractivity contribution in [3.8, 4) is 12.1 Å². The van der Waals surface area contributed by atoms with Gasteiger partial charge >= 0.3 is 0 Å². The van der Waals surface area contributed by atoms with Gasteiger partial charge in [0.15, 0.2) is 24.5 Å². The van der Waals surface area contributed by atoms with E-state index in [4.69, 9.17) is 10.5 Å². The van der Waals surface area contributed by atoms with Crippen molar-refractivity contribution >= 4 is 0 Å². The number of hydrogen-bond donors (Lipinski definition) is 0. The van der Waals surface area contributed by atoms with Gasteiger partial charge in [0, 0.05) is 37.1 Å². The van der Waals surface area contributed by atoms with Crippen LogP contribution in [0.25, 0.3) is 0 Å². The predicted molar refractivity (Wildman–Crippen MR) is 99.6 cm³/mol. The van der Waals surface area contributed by atoms with Crippen molar-refractivity contribution < 1.29 is 9.13 Å². The van der Waals surface area contributed by atoms with Crippen LogP contribution in [0.5, 0.6) is 0 Å². The largest absolute Gasteiger partial charge is 0.283 e. The Morgan fingerprint density at radius 2 is 0.962 bits per heavy atom. The monoisotopic (exact) mass is 348 g/mol. The summed E-state index contributed by atoms with van der Waals surface area (Å²) in [7, 11) is 0. The maximum Gasteiger partial charge on any atom is 0.283 e. The van der Waals surface area contributed by atoms with Crippen LogP contribution in [0.4, 0.5) is 0 Å². The molecule has 0 bridgehead atoms. The number of nitrogens with zero attached hydrogens (tertiary/aromatic N) is 4. The highest BCUT2D eigenvalue weighted by Crippen LogP contribution is 2.09. The molecule has 134 valence electrons. The molecule has 0 unspecified atom stereocenters. The zero-order valence-corrected chi connectivity index (χ0v) is 15.5. The molecular formula is C22H28N4+2. The lowest BCUT2D eigenvalue weighted by Crippen LogP contribution is -2.36. The molecule has 2 aromatic heterocycles. The lowest BCUT2D eigenvalue weighted by Gasteiger charge is -2.02. The molecule has 0 fully saturated rings. The van der Waals surface area contributed by atoms with E-state index in [1.807, 2.05) is 57.9 Å². The summed E-state index contributed by atoms with van der Waals surface area (Å²) in [5.41, 5.74) is 1.48. The van der Waals surface area contributed by atoms with Crippen molar-refractivity contribution in [2.24, 2.45) is 0 Å². The lowest BCUT2D eigenvalue weighted by molar-refractivity contribution is -0.700. The molecule has 0 aliphatic heterocycles. The third-order valence-corrected chi connectivity index (χ3v) is 4.66. The number of nitriles is 2. The molecule has 4 heteroatoms. The van der Waals surface area contributed by atoms with Gasteiger partial charge in [-0.05, 0) is 25.0 Å². The number of aromatic nitrogens is 2. The second-order valence-electron chi connectivity index (χ2n) is 6.61. The Morgan fingerprint density at radius 1 is 0.577 bits per heavy atom. The summed E-state index contributed by atoms with van der Waals surface area (Å²) >= 11 is 0. The molecule has 0 saturated heterocycles. The minimum Gasteiger partial charge on any atom is -0.190 e. The van der Waals surface area contributed by atoms with Crippen LogP contribution in [-0.4, -0.2) is 0 Å². The molecule has 0 radical (unpaired) electrons. The van der Waals surface area contributed by atoms with Crippen molar-refractivity contribution in [3.63, 3.8) is 0 Å². The van der Waals surface area contributed by atoms with E-state index < -0.39 is 0 Å². The van der Waals surface area contributed by atoms with Crippen LogP contribution in [0, 0.1) is 22.7 Å². The Morgan fingerprint density at radius 3 is 1.35 bits per heavy atom. The first-order valence-corrected chi connectivity index (χ1v) is 9.62. The first-order valence-electron chi connectivity index (χ1n) is 9.62. The molecule has 0 atom stereocenters. The first kappa shape index (κ1) is 19.6. The van der Waals surface area contributed by atoms with Crippen LogP contribution >= 0.6 is 0 Å². The maximum atomic E-state index is 9.08. The zero-order chi connectivity index (χ0) is 18.5. The number of aryl methyl sites for hydroxylation is 2. The van der Waals surface area contributed by atoms with Crippen molar-refractivity contribution in [3.05, 3.63) is 60.2 Å². The topological polar surface area (TPSA) is 55.3 Å². The fourth-order valence-electron chi connectivity index (χ4n) is 3.17. The van der Waals surface area contributed by atoms with Crippen LogP contribution in [0.15, 0.2) is 48.8 Å². The summed E-state index contributed by atoms with van der Waals surface area (Å²) in [6.45, 7) is 1.86. The van der Waals surface area contributed by atoms with Crippen LogP contribution in [0.1, 0.15) is 62.8 Å². The molecule has 26 heavy (non-hydrogen) atoms. The van der Waals surface area contributed by atoms with E-state index in [9.17, 15) is 0 Å². The smallest absolute Gasteiger partial charge is 0.190 e. The second-order valence-corrected chi connectivity index (χ2v) is 6.61. The van der Waals surface area contributed by atoms with Crippen molar-refractivity contribution in [1.82, 2.24) is 0 Å². The fraction of sp³-hybridized carbons (Fsp3) is 0.455. The molecule has 2 rings (SSSR count). The van der Waals surface area contributed by atoms with Crippen molar-refractivity contribution in [2.75, 3.05) is 0 Å².